The van der Waals surface area contributed by atoms with Crippen molar-refractivity contribution < 1.29 is 26.4 Å². The van der Waals surface area contributed by atoms with E-state index in [-0.39, 0.29) is 10.7 Å². The number of anilines is 1. The van der Waals surface area contributed by atoms with Crippen molar-refractivity contribution in [3.63, 3.8) is 0 Å². The zero-order chi connectivity index (χ0) is 23.4. The summed E-state index contributed by atoms with van der Waals surface area (Å²) in [5.74, 6) is 0. The van der Waals surface area contributed by atoms with E-state index in [2.05, 4.69) is 20.5 Å². The first-order valence-electron chi connectivity index (χ1n) is 9.53. The molecule has 1 aromatic heterocycles. The highest BCUT2D eigenvalue weighted by Gasteiger charge is 2.36. The standard InChI is InChI=1S/C19H25F3N4O3S2/c1-5-26(6-2)10-9-23-17(27)25-18-24-12(3)16(30-18)13-7-8-15(31(4,28)29)14(11-13)19(20,21)22/h7-8,11H,5-6,9-10H2,1-4H3,(H2,23,24,25,27). The topological polar surface area (TPSA) is 91.4 Å². The third-order valence-corrected chi connectivity index (χ3v) is 6.85. The molecule has 0 aliphatic carbocycles. The number of hydrogen-bond donors (Lipinski definition) is 2. The minimum atomic E-state index is -4.83. The van der Waals surface area contributed by atoms with E-state index < -0.39 is 32.5 Å². The van der Waals surface area contributed by atoms with Crippen molar-refractivity contribution in [3.05, 3.63) is 29.5 Å². The summed E-state index contributed by atoms with van der Waals surface area (Å²) in [5, 5.41) is 5.53. The summed E-state index contributed by atoms with van der Waals surface area (Å²) < 4.78 is 63.8. The number of thiazole rings is 1. The molecule has 0 aliphatic heterocycles. The Morgan fingerprint density at radius 3 is 2.42 bits per heavy atom. The number of likely N-dealkylation sites (N-methyl/N-ethyl adjacent to an activating group) is 1. The molecule has 0 radical (unpaired) electrons. The van der Waals surface area contributed by atoms with Crippen molar-refractivity contribution in [2.24, 2.45) is 0 Å². The van der Waals surface area contributed by atoms with Crippen LogP contribution in [0.1, 0.15) is 25.1 Å². The van der Waals surface area contributed by atoms with Gasteiger partial charge < -0.3 is 10.2 Å². The van der Waals surface area contributed by atoms with Gasteiger partial charge in [-0.1, -0.05) is 31.3 Å². The van der Waals surface area contributed by atoms with E-state index in [9.17, 15) is 26.4 Å². The van der Waals surface area contributed by atoms with Gasteiger partial charge in [-0.05, 0) is 37.7 Å². The van der Waals surface area contributed by atoms with Crippen LogP contribution in [-0.2, 0) is 16.0 Å². The van der Waals surface area contributed by atoms with E-state index in [0.717, 1.165) is 42.8 Å². The van der Waals surface area contributed by atoms with Crippen LogP contribution in [0.25, 0.3) is 10.4 Å². The van der Waals surface area contributed by atoms with Gasteiger partial charge in [0.1, 0.15) is 0 Å². The predicted molar refractivity (Wildman–Crippen MR) is 115 cm³/mol. The Morgan fingerprint density at radius 2 is 1.87 bits per heavy atom. The lowest BCUT2D eigenvalue weighted by molar-refractivity contribution is -0.139. The molecular formula is C19H25F3N4O3S2. The molecular weight excluding hydrogens is 453 g/mol. The summed E-state index contributed by atoms with van der Waals surface area (Å²) in [6.45, 7) is 8.51. The molecule has 0 unspecified atom stereocenters. The van der Waals surface area contributed by atoms with Crippen LogP contribution < -0.4 is 10.6 Å². The lowest BCUT2D eigenvalue weighted by Crippen LogP contribution is -2.36. The fraction of sp³-hybridized carbons (Fsp3) is 0.474. The molecule has 7 nitrogen and oxygen atoms in total. The van der Waals surface area contributed by atoms with Crippen molar-refractivity contribution >= 4 is 32.3 Å². The SMILES string of the molecule is CCN(CC)CCNC(=O)Nc1nc(C)c(-c2ccc(S(C)(=O)=O)c(C(F)(F)F)c2)s1. The first kappa shape index (κ1) is 25.1. The van der Waals surface area contributed by atoms with Gasteiger partial charge in [0.05, 0.1) is 21.0 Å². The minimum absolute atomic E-state index is 0.171. The maximum atomic E-state index is 13.4. The molecule has 0 saturated heterocycles. The van der Waals surface area contributed by atoms with Crippen LogP contribution in [0, 0.1) is 6.92 Å². The summed E-state index contributed by atoms with van der Waals surface area (Å²) in [7, 11) is -4.06. The van der Waals surface area contributed by atoms with Gasteiger partial charge in [-0.15, -0.1) is 0 Å². The summed E-state index contributed by atoms with van der Waals surface area (Å²) in [4.78, 5) is 18.0. The van der Waals surface area contributed by atoms with Crippen LogP contribution in [0.3, 0.4) is 0 Å². The molecule has 1 aromatic carbocycles. The Bertz CT molecular complexity index is 1030. The summed E-state index contributed by atoms with van der Waals surface area (Å²) in [6, 6.07) is 2.58. The molecule has 0 fully saturated rings. The van der Waals surface area contributed by atoms with E-state index in [1.807, 2.05) is 13.8 Å². The number of nitrogens with one attached hydrogen (secondary N) is 2. The van der Waals surface area contributed by atoms with Crippen LogP contribution in [0.15, 0.2) is 23.1 Å². The molecule has 0 bridgehead atoms. The van der Waals surface area contributed by atoms with E-state index in [0.29, 0.717) is 23.7 Å². The fourth-order valence-electron chi connectivity index (χ4n) is 2.94. The Kier molecular flexibility index (Phi) is 8.06. The molecule has 31 heavy (non-hydrogen) atoms. The Balaban J connectivity index is 2.22. The maximum Gasteiger partial charge on any atom is 0.417 e. The number of hydrogen-bond acceptors (Lipinski definition) is 6. The number of carbonyl (C=O) groups is 1. The number of alkyl halides is 3. The number of urea groups is 1. The van der Waals surface area contributed by atoms with Gasteiger partial charge in [-0.2, -0.15) is 13.2 Å². The number of aryl methyl sites for hydroxylation is 1. The second-order valence-corrected chi connectivity index (χ2v) is 9.81. The van der Waals surface area contributed by atoms with Crippen molar-refractivity contribution in [2.75, 3.05) is 37.8 Å². The lowest BCUT2D eigenvalue weighted by Gasteiger charge is -2.17. The molecule has 2 aromatic rings. The molecule has 172 valence electrons. The van der Waals surface area contributed by atoms with Crippen molar-refractivity contribution in [2.45, 2.75) is 31.8 Å². The first-order valence-corrected chi connectivity index (χ1v) is 12.2. The molecule has 12 heteroatoms. The highest BCUT2D eigenvalue weighted by atomic mass is 32.2. The van der Waals surface area contributed by atoms with Crippen LogP contribution in [-0.4, -0.2) is 56.8 Å². The quantitative estimate of drug-likeness (QED) is 0.598. The van der Waals surface area contributed by atoms with Gasteiger partial charge in [-0.25, -0.2) is 18.2 Å². The highest BCUT2D eigenvalue weighted by molar-refractivity contribution is 7.90. The lowest BCUT2D eigenvalue weighted by atomic mass is 10.1. The Labute approximate surface area is 183 Å². The predicted octanol–water partition coefficient (Wildman–Crippen LogP) is 4.00. The molecule has 0 saturated carbocycles. The third-order valence-electron chi connectivity index (χ3n) is 4.57. The van der Waals surface area contributed by atoms with Crippen LogP contribution in [0.4, 0.5) is 23.1 Å². The number of rotatable bonds is 8. The number of aromatic nitrogens is 1. The van der Waals surface area contributed by atoms with Gasteiger partial charge in [0.25, 0.3) is 0 Å². The van der Waals surface area contributed by atoms with Gasteiger partial charge in [0, 0.05) is 19.3 Å². The molecule has 0 spiro atoms. The average molecular weight is 479 g/mol. The van der Waals surface area contributed by atoms with Crippen molar-refractivity contribution in [1.82, 2.24) is 15.2 Å². The first-order chi connectivity index (χ1) is 14.4. The number of amides is 2. The monoisotopic (exact) mass is 478 g/mol. The van der Waals surface area contributed by atoms with Gasteiger partial charge in [0.2, 0.25) is 0 Å². The molecule has 2 rings (SSSR count). The molecule has 0 aliphatic rings. The maximum absolute atomic E-state index is 13.4. The second kappa shape index (κ2) is 9.96. The van der Waals surface area contributed by atoms with E-state index in [1.165, 1.54) is 6.07 Å². The number of benzene rings is 1. The largest absolute Gasteiger partial charge is 0.417 e. The number of halogens is 3. The third kappa shape index (κ3) is 6.65. The molecule has 2 amide bonds. The van der Waals surface area contributed by atoms with E-state index >= 15 is 0 Å². The van der Waals surface area contributed by atoms with Crippen LogP contribution >= 0.6 is 11.3 Å². The zero-order valence-electron chi connectivity index (χ0n) is 17.6. The summed E-state index contributed by atoms with van der Waals surface area (Å²) >= 11 is 1.01. The molecule has 0 atom stereocenters. The van der Waals surface area contributed by atoms with Crippen molar-refractivity contribution in [1.29, 1.82) is 0 Å². The number of nitrogens with zero attached hydrogens (tertiary/aromatic N) is 2. The second-order valence-electron chi connectivity index (χ2n) is 6.82. The minimum Gasteiger partial charge on any atom is -0.337 e. The Morgan fingerprint density at radius 1 is 1.23 bits per heavy atom. The normalized spacial score (nSPS) is 12.3. The van der Waals surface area contributed by atoms with Gasteiger partial charge in [0.15, 0.2) is 15.0 Å². The number of sulfone groups is 1. The molecule has 2 N–H and O–H groups in total. The van der Waals surface area contributed by atoms with Gasteiger partial charge >= 0.3 is 12.2 Å². The zero-order valence-corrected chi connectivity index (χ0v) is 19.3. The summed E-state index contributed by atoms with van der Waals surface area (Å²) in [6.07, 6.45) is -4.10. The van der Waals surface area contributed by atoms with Crippen LogP contribution in [0.5, 0.6) is 0 Å². The highest BCUT2D eigenvalue weighted by Crippen LogP contribution is 2.39. The fourth-order valence-corrected chi connectivity index (χ4v) is 4.79. The Hall–Kier alpha value is -2.18. The van der Waals surface area contributed by atoms with Gasteiger partial charge in [-0.3, -0.25) is 5.32 Å². The van der Waals surface area contributed by atoms with Crippen molar-refractivity contribution in [3.8, 4) is 10.4 Å². The van der Waals surface area contributed by atoms with E-state index in [4.69, 9.17) is 0 Å². The average Bonchev–Trinajstić information content (AvgIpc) is 3.03. The van der Waals surface area contributed by atoms with E-state index in [1.54, 1.807) is 6.92 Å². The smallest absolute Gasteiger partial charge is 0.337 e. The van der Waals surface area contributed by atoms with Crippen LogP contribution in [0.2, 0.25) is 0 Å². The summed E-state index contributed by atoms with van der Waals surface area (Å²) in [5.41, 5.74) is -0.641. The molecule has 1 heterocycles. The number of carbonyl (C=O) groups excluding carboxylic acids is 1.